The van der Waals surface area contributed by atoms with E-state index in [-0.39, 0.29) is 0 Å². The van der Waals surface area contributed by atoms with E-state index in [0.29, 0.717) is 12.3 Å². The van der Waals surface area contributed by atoms with Gasteiger partial charge in [-0.2, -0.15) is 0 Å². The maximum atomic E-state index is 10.2. The molecule has 1 N–H and O–H groups in total. The Labute approximate surface area is 75.0 Å². The molecule has 0 amide bonds. The summed E-state index contributed by atoms with van der Waals surface area (Å²) in [5, 5.41) is 8.40. The number of unbranched alkanes of at least 4 members (excludes halogenated alkanes) is 1. The van der Waals surface area contributed by atoms with Gasteiger partial charge in [-0.25, -0.2) is 0 Å². The van der Waals surface area contributed by atoms with Crippen LogP contribution in [0.15, 0.2) is 0 Å². The minimum absolute atomic E-state index is 0.330. The van der Waals surface area contributed by atoms with Crippen LogP contribution >= 0.6 is 0 Å². The van der Waals surface area contributed by atoms with Crippen molar-refractivity contribution in [3.8, 4) is 0 Å². The van der Waals surface area contributed by atoms with Crippen LogP contribution in [0, 0.1) is 5.92 Å². The average molecular weight is 172 g/mol. The molecule has 0 saturated carbocycles. The summed E-state index contributed by atoms with van der Waals surface area (Å²) >= 11 is 0. The normalized spacial score (nSPS) is 12.8. The molecule has 0 rings (SSSR count). The van der Waals surface area contributed by atoms with Gasteiger partial charge < -0.3 is 5.11 Å². The third-order valence-electron chi connectivity index (χ3n) is 2.14. The van der Waals surface area contributed by atoms with Crippen molar-refractivity contribution in [1.29, 1.82) is 0 Å². The summed E-state index contributed by atoms with van der Waals surface area (Å²) in [6.07, 6.45) is 5.98. The SMILES string of the molecule is CCCC[C@@H](C)CCCC(=O)O. The van der Waals surface area contributed by atoms with Crippen molar-refractivity contribution in [2.75, 3.05) is 0 Å². The van der Waals surface area contributed by atoms with Crippen LogP contribution in [0.25, 0.3) is 0 Å². The zero-order chi connectivity index (χ0) is 9.40. The molecule has 72 valence electrons. The molecule has 0 aromatic heterocycles. The van der Waals surface area contributed by atoms with Gasteiger partial charge in [0.2, 0.25) is 0 Å². The van der Waals surface area contributed by atoms with E-state index in [0.717, 1.165) is 12.8 Å². The Morgan fingerprint density at radius 3 is 2.42 bits per heavy atom. The Hall–Kier alpha value is -0.530. The second kappa shape index (κ2) is 7.14. The quantitative estimate of drug-likeness (QED) is 0.640. The van der Waals surface area contributed by atoms with E-state index < -0.39 is 5.97 Å². The fraction of sp³-hybridized carbons (Fsp3) is 0.900. The maximum Gasteiger partial charge on any atom is 0.303 e. The van der Waals surface area contributed by atoms with E-state index in [9.17, 15) is 4.79 Å². The summed E-state index contributed by atoms with van der Waals surface area (Å²) in [6.45, 7) is 4.39. The van der Waals surface area contributed by atoms with E-state index in [1.54, 1.807) is 0 Å². The second-order valence-electron chi connectivity index (χ2n) is 3.53. The lowest BCUT2D eigenvalue weighted by molar-refractivity contribution is -0.137. The van der Waals surface area contributed by atoms with Gasteiger partial charge in [-0.1, -0.05) is 39.5 Å². The van der Waals surface area contributed by atoms with Crippen molar-refractivity contribution in [1.82, 2.24) is 0 Å². The van der Waals surface area contributed by atoms with Gasteiger partial charge in [0.05, 0.1) is 0 Å². The molecule has 0 aliphatic rings. The molecule has 0 aliphatic heterocycles. The number of carboxylic acid groups (broad SMARTS) is 1. The molecular weight excluding hydrogens is 152 g/mol. The zero-order valence-corrected chi connectivity index (χ0v) is 8.18. The van der Waals surface area contributed by atoms with Crippen molar-refractivity contribution in [3.63, 3.8) is 0 Å². The lowest BCUT2D eigenvalue weighted by atomic mass is 9.98. The molecular formula is C10H20O2. The molecule has 2 nitrogen and oxygen atoms in total. The standard InChI is InChI=1S/C10H20O2/c1-3-4-6-9(2)7-5-8-10(11)12/h9H,3-8H2,1-2H3,(H,11,12)/t9-/m1/s1. The monoisotopic (exact) mass is 172 g/mol. The smallest absolute Gasteiger partial charge is 0.303 e. The maximum absolute atomic E-state index is 10.2. The molecule has 0 aromatic rings. The molecule has 0 spiro atoms. The summed E-state index contributed by atoms with van der Waals surface area (Å²) < 4.78 is 0. The molecule has 1 atom stereocenters. The van der Waals surface area contributed by atoms with Gasteiger partial charge in [-0.15, -0.1) is 0 Å². The lowest BCUT2D eigenvalue weighted by Crippen LogP contribution is -1.98. The Bertz CT molecular complexity index is 121. The largest absolute Gasteiger partial charge is 0.481 e. The van der Waals surface area contributed by atoms with Gasteiger partial charge in [-0.05, 0) is 12.3 Å². The number of hydrogen-bond acceptors (Lipinski definition) is 1. The zero-order valence-electron chi connectivity index (χ0n) is 8.18. The third kappa shape index (κ3) is 7.58. The molecule has 0 unspecified atom stereocenters. The van der Waals surface area contributed by atoms with E-state index in [4.69, 9.17) is 5.11 Å². The number of carbonyl (C=O) groups is 1. The van der Waals surface area contributed by atoms with Crippen LogP contribution in [0.5, 0.6) is 0 Å². The Kier molecular flexibility index (Phi) is 6.82. The summed E-state index contributed by atoms with van der Waals surface area (Å²) in [5.41, 5.74) is 0. The van der Waals surface area contributed by atoms with Crippen LogP contribution in [0.2, 0.25) is 0 Å². The lowest BCUT2D eigenvalue weighted by Gasteiger charge is -2.08. The Morgan fingerprint density at radius 2 is 1.92 bits per heavy atom. The molecule has 0 heterocycles. The highest BCUT2D eigenvalue weighted by Gasteiger charge is 2.02. The molecule has 0 saturated heterocycles. The summed E-state index contributed by atoms with van der Waals surface area (Å²) in [5.74, 6) is 0.0296. The molecule has 0 fully saturated rings. The predicted molar refractivity (Wildman–Crippen MR) is 50.2 cm³/mol. The van der Waals surface area contributed by atoms with Crippen molar-refractivity contribution in [2.24, 2.45) is 5.92 Å². The van der Waals surface area contributed by atoms with Crippen LogP contribution in [-0.2, 0) is 4.79 Å². The molecule has 0 aromatic carbocycles. The Balaban J connectivity index is 3.19. The highest BCUT2D eigenvalue weighted by Crippen LogP contribution is 2.14. The highest BCUT2D eigenvalue weighted by atomic mass is 16.4. The minimum Gasteiger partial charge on any atom is -0.481 e. The van der Waals surface area contributed by atoms with E-state index in [2.05, 4.69) is 13.8 Å². The Morgan fingerprint density at radius 1 is 1.33 bits per heavy atom. The first-order valence-corrected chi connectivity index (χ1v) is 4.88. The third-order valence-corrected chi connectivity index (χ3v) is 2.14. The highest BCUT2D eigenvalue weighted by molar-refractivity contribution is 5.66. The van der Waals surface area contributed by atoms with Crippen molar-refractivity contribution in [3.05, 3.63) is 0 Å². The number of aliphatic carboxylic acids is 1. The van der Waals surface area contributed by atoms with Crippen LogP contribution in [0.1, 0.15) is 52.4 Å². The average Bonchev–Trinajstić information content (AvgIpc) is 2.00. The fourth-order valence-electron chi connectivity index (χ4n) is 1.30. The van der Waals surface area contributed by atoms with E-state index in [1.807, 2.05) is 0 Å². The van der Waals surface area contributed by atoms with Crippen LogP contribution in [-0.4, -0.2) is 11.1 Å². The summed E-state index contributed by atoms with van der Waals surface area (Å²) in [7, 11) is 0. The first-order valence-electron chi connectivity index (χ1n) is 4.88. The minimum atomic E-state index is -0.669. The van der Waals surface area contributed by atoms with Crippen LogP contribution < -0.4 is 0 Å². The van der Waals surface area contributed by atoms with Gasteiger partial charge in [0.1, 0.15) is 0 Å². The number of hydrogen-bond donors (Lipinski definition) is 1. The van der Waals surface area contributed by atoms with Gasteiger partial charge in [-0.3, -0.25) is 4.79 Å². The number of rotatable bonds is 7. The van der Waals surface area contributed by atoms with Gasteiger partial charge in [0.15, 0.2) is 0 Å². The number of carboxylic acids is 1. The van der Waals surface area contributed by atoms with E-state index >= 15 is 0 Å². The van der Waals surface area contributed by atoms with E-state index in [1.165, 1.54) is 19.3 Å². The topological polar surface area (TPSA) is 37.3 Å². The first-order chi connectivity index (χ1) is 5.66. The first kappa shape index (κ1) is 11.5. The van der Waals surface area contributed by atoms with Crippen molar-refractivity contribution < 1.29 is 9.90 Å². The molecule has 0 bridgehead atoms. The van der Waals surface area contributed by atoms with Gasteiger partial charge in [0.25, 0.3) is 0 Å². The molecule has 0 aliphatic carbocycles. The summed E-state index contributed by atoms with van der Waals surface area (Å²) in [6, 6.07) is 0. The summed E-state index contributed by atoms with van der Waals surface area (Å²) in [4.78, 5) is 10.2. The molecule has 12 heavy (non-hydrogen) atoms. The van der Waals surface area contributed by atoms with Crippen molar-refractivity contribution in [2.45, 2.75) is 52.4 Å². The van der Waals surface area contributed by atoms with Crippen LogP contribution in [0.3, 0.4) is 0 Å². The van der Waals surface area contributed by atoms with Gasteiger partial charge in [0, 0.05) is 6.42 Å². The second-order valence-corrected chi connectivity index (χ2v) is 3.53. The van der Waals surface area contributed by atoms with Crippen LogP contribution in [0.4, 0.5) is 0 Å². The fourth-order valence-corrected chi connectivity index (χ4v) is 1.30. The molecule has 0 radical (unpaired) electrons. The molecule has 2 heteroatoms. The predicted octanol–water partition coefficient (Wildman–Crippen LogP) is 3.07. The van der Waals surface area contributed by atoms with Gasteiger partial charge >= 0.3 is 5.97 Å². The van der Waals surface area contributed by atoms with Crippen molar-refractivity contribution >= 4 is 5.97 Å².